The van der Waals surface area contributed by atoms with E-state index in [2.05, 4.69) is 10.1 Å². The topological polar surface area (TPSA) is 74.2 Å². The lowest BCUT2D eigenvalue weighted by atomic mass is 10.0. The Bertz CT molecular complexity index is 370. The van der Waals surface area contributed by atoms with E-state index in [-0.39, 0.29) is 6.04 Å². The number of hydrogen-bond donors (Lipinski definition) is 1. The van der Waals surface area contributed by atoms with Crippen molar-refractivity contribution in [2.45, 2.75) is 51.2 Å². The van der Waals surface area contributed by atoms with Gasteiger partial charge in [-0.1, -0.05) is 12.1 Å². The second-order valence-electron chi connectivity index (χ2n) is 5.01. The van der Waals surface area contributed by atoms with Crippen molar-refractivity contribution in [1.82, 2.24) is 10.1 Å². The Labute approximate surface area is 102 Å². The van der Waals surface area contributed by atoms with Gasteiger partial charge < -0.3 is 15.0 Å². The Kier molecular flexibility index (Phi) is 3.49. The number of aromatic nitrogens is 2. The Morgan fingerprint density at radius 3 is 2.82 bits per heavy atom. The normalized spacial score (nSPS) is 21.2. The van der Waals surface area contributed by atoms with Crippen molar-refractivity contribution < 1.29 is 9.26 Å². The number of rotatable bonds is 6. The molecule has 5 nitrogen and oxygen atoms in total. The lowest BCUT2D eigenvalue weighted by Gasteiger charge is -2.21. The van der Waals surface area contributed by atoms with Crippen molar-refractivity contribution in [1.29, 1.82) is 0 Å². The van der Waals surface area contributed by atoms with Crippen LogP contribution in [-0.2, 0) is 16.8 Å². The minimum absolute atomic E-state index is 0.152. The van der Waals surface area contributed by atoms with E-state index in [0.717, 1.165) is 6.42 Å². The van der Waals surface area contributed by atoms with Crippen LogP contribution in [0.2, 0.25) is 0 Å². The molecule has 96 valence electrons. The van der Waals surface area contributed by atoms with Crippen LogP contribution in [0.3, 0.4) is 0 Å². The van der Waals surface area contributed by atoms with Crippen molar-refractivity contribution in [2.75, 3.05) is 7.11 Å². The number of methoxy groups -OCH3 is 1. The molecule has 17 heavy (non-hydrogen) atoms. The molecule has 0 aliphatic heterocycles. The Morgan fingerprint density at radius 1 is 1.59 bits per heavy atom. The standard InChI is InChI=1S/C12H21N3O2/c1-4-12(2,16-3)11-14-10(17-15-11)7-9(13)8-5-6-8/h8-9H,4-7,13H2,1-3H3. The summed E-state index contributed by atoms with van der Waals surface area (Å²) >= 11 is 0. The van der Waals surface area contributed by atoms with Gasteiger partial charge in [-0.05, 0) is 32.1 Å². The zero-order valence-electron chi connectivity index (χ0n) is 10.8. The van der Waals surface area contributed by atoms with Gasteiger partial charge in [0.1, 0.15) is 5.60 Å². The fourth-order valence-electron chi connectivity index (χ4n) is 1.84. The quantitative estimate of drug-likeness (QED) is 0.816. The highest BCUT2D eigenvalue weighted by Crippen LogP contribution is 2.33. The third-order valence-electron chi connectivity index (χ3n) is 3.70. The summed E-state index contributed by atoms with van der Waals surface area (Å²) < 4.78 is 10.7. The van der Waals surface area contributed by atoms with Crippen LogP contribution in [0.15, 0.2) is 4.52 Å². The SMILES string of the molecule is CCC(C)(OC)c1noc(CC(N)C2CC2)n1. The molecular weight excluding hydrogens is 218 g/mol. The molecule has 0 aromatic carbocycles. The maximum Gasteiger partial charge on any atom is 0.228 e. The molecule has 1 aromatic heterocycles. The van der Waals surface area contributed by atoms with Gasteiger partial charge >= 0.3 is 0 Å². The van der Waals surface area contributed by atoms with E-state index >= 15 is 0 Å². The van der Waals surface area contributed by atoms with Crippen molar-refractivity contribution in [3.05, 3.63) is 11.7 Å². The highest BCUT2D eigenvalue weighted by Gasteiger charge is 2.32. The van der Waals surface area contributed by atoms with Gasteiger partial charge in [0.25, 0.3) is 0 Å². The lowest BCUT2D eigenvalue weighted by molar-refractivity contribution is -0.0106. The van der Waals surface area contributed by atoms with E-state index in [4.69, 9.17) is 15.0 Å². The van der Waals surface area contributed by atoms with Gasteiger partial charge in [0.05, 0.1) is 0 Å². The smallest absolute Gasteiger partial charge is 0.228 e. The fraction of sp³-hybridized carbons (Fsp3) is 0.833. The zero-order valence-corrected chi connectivity index (χ0v) is 10.8. The molecule has 5 heteroatoms. The summed E-state index contributed by atoms with van der Waals surface area (Å²) in [5.41, 5.74) is 5.57. The molecule has 0 bridgehead atoms. The van der Waals surface area contributed by atoms with Gasteiger partial charge in [0.2, 0.25) is 11.7 Å². The Balaban J connectivity index is 2.04. The number of ether oxygens (including phenoxy) is 1. The van der Waals surface area contributed by atoms with Crippen LogP contribution in [0.4, 0.5) is 0 Å². The summed E-state index contributed by atoms with van der Waals surface area (Å²) in [7, 11) is 1.66. The van der Waals surface area contributed by atoms with Crippen molar-refractivity contribution in [3.63, 3.8) is 0 Å². The monoisotopic (exact) mass is 239 g/mol. The molecule has 0 radical (unpaired) electrons. The first-order valence-electron chi connectivity index (χ1n) is 6.23. The highest BCUT2D eigenvalue weighted by molar-refractivity contribution is 5.00. The molecule has 0 spiro atoms. The summed E-state index contributed by atoms with van der Waals surface area (Å²) in [5.74, 6) is 1.88. The van der Waals surface area contributed by atoms with Crippen LogP contribution in [0.5, 0.6) is 0 Å². The van der Waals surface area contributed by atoms with E-state index < -0.39 is 5.60 Å². The van der Waals surface area contributed by atoms with Gasteiger partial charge in [-0.3, -0.25) is 0 Å². The summed E-state index contributed by atoms with van der Waals surface area (Å²) in [6.07, 6.45) is 3.93. The molecule has 2 unspecified atom stereocenters. The minimum atomic E-state index is -0.467. The first kappa shape index (κ1) is 12.5. The van der Waals surface area contributed by atoms with Crippen LogP contribution in [0.1, 0.15) is 44.8 Å². The van der Waals surface area contributed by atoms with Crippen LogP contribution in [0, 0.1) is 5.92 Å². The van der Waals surface area contributed by atoms with Crippen molar-refractivity contribution in [3.8, 4) is 0 Å². The highest BCUT2D eigenvalue weighted by atomic mass is 16.5. The molecule has 1 aliphatic carbocycles. The Hall–Kier alpha value is -0.940. The summed E-state index contributed by atoms with van der Waals surface area (Å²) in [6, 6.07) is 0.152. The molecule has 1 saturated carbocycles. The van der Waals surface area contributed by atoms with Gasteiger partial charge in [-0.2, -0.15) is 4.98 Å². The summed E-state index contributed by atoms with van der Waals surface area (Å²) in [6.45, 7) is 4.00. The van der Waals surface area contributed by atoms with E-state index in [9.17, 15) is 0 Å². The van der Waals surface area contributed by atoms with Gasteiger partial charge in [0.15, 0.2) is 0 Å². The molecule has 0 saturated heterocycles. The third-order valence-corrected chi connectivity index (χ3v) is 3.70. The predicted molar refractivity (Wildman–Crippen MR) is 63.4 cm³/mol. The molecule has 2 atom stereocenters. The summed E-state index contributed by atoms with van der Waals surface area (Å²) in [5, 5.41) is 4.00. The maximum atomic E-state index is 6.04. The number of hydrogen-bond acceptors (Lipinski definition) is 5. The second kappa shape index (κ2) is 4.74. The molecule has 2 rings (SSSR count). The van der Waals surface area contributed by atoms with Gasteiger partial charge in [0, 0.05) is 19.6 Å². The van der Waals surface area contributed by atoms with E-state index in [1.807, 2.05) is 13.8 Å². The van der Waals surface area contributed by atoms with Crippen LogP contribution >= 0.6 is 0 Å². The number of nitrogens with zero attached hydrogens (tertiary/aromatic N) is 2. The van der Waals surface area contributed by atoms with Crippen LogP contribution in [-0.4, -0.2) is 23.3 Å². The zero-order chi connectivity index (χ0) is 12.5. The van der Waals surface area contributed by atoms with Crippen molar-refractivity contribution in [2.24, 2.45) is 11.7 Å². The molecule has 1 heterocycles. The second-order valence-corrected chi connectivity index (χ2v) is 5.01. The average Bonchev–Trinajstić information content (AvgIpc) is 3.09. The predicted octanol–water partition coefficient (Wildman–Crippen LogP) is 1.62. The molecular formula is C12H21N3O2. The average molecular weight is 239 g/mol. The molecule has 1 aliphatic rings. The van der Waals surface area contributed by atoms with Gasteiger partial charge in [-0.25, -0.2) is 0 Å². The first-order valence-corrected chi connectivity index (χ1v) is 6.23. The minimum Gasteiger partial charge on any atom is -0.370 e. The molecule has 1 aromatic rings. The van der Waals surface area contributed by atoms with Crippen molar-refractivity contribution >= 4 is 0 Å². The fourth-order valence-corrected chi connectivity index (χ4v) is 1.84. The van der Waals surface area contributed by atoms with E-state index in [0.29, 0.717) is 24.1 Å². The Morgan fingerprint density at radius 2 is 2.29 bits per heavy atom. The largest absolute Gasteiger partial charge is 0.370 e. The van der Waals surface area contributed by atoms with Crippen LogP contribution in [0.25, 0.3) is 0 Å². The van der Waals surface area contributed by atoms with E-state index in [1.54, 1.807) is 7.11 Å². The molecule has 0 amide bonds. The number of nitrogens with two attached hydrogens (primary N) is 1. The molecule has 2 N–H and O–H groups in total. The molecule has 1 fully saturated rings. The first-order chi connectivity index (χ1) is 8.09. The summed E-state index contributed by atoms with van der Waals surface area (Å²) in [4.78, 5) is 4.39. The lowest BCUT2D eigenvalue weighted by Crippen LogP contribution is -2.26. The maximum absolute atomic E-state index is 6.04. The van der Waals surface area contributed by atoms with E-state index in [1.165, 1.54) is 12.8 Å². The van der Waals surface area contributed by atoms with Gasteiger partial charge in [-0.15, -0.1) is 0 Å². The third kappa shape index (κ3) is 2.66. The van der Waals surface area contributed by atoms with Crippen LogP contribution < -0.4 is 5.73 Å².